The van der Waals surface area contributed by atoms with E-state index in [1.165, 1.54) is 11.8 Å². The predicted octanol–water partition coefficient (Wildman–Crippen LogP) is 5.91. The second-order valence-corrected chi connectivity index (χ2v) is 8.08. The molecule has 2 aromatic carbocycles. The molecule has 0 atom stereocenters. The van der Waals surface area contributed by atoms with Gasteiger partial charge in [0.25, 0.3) is 0 Å². The van der Waals surface area contributed by atoms with Gasteiger partial charge in [0.2, 0.25) is 11.7 Å². The van der Waals surface area contributed by atoms with Gasteiger partial charge >= 0.3 is 0 Å². The van der Waals surface area contributed by atoms with E-state index >= 15 is 0 Å². The first-order valence-electron chi connectivity index (χ1n) is 8.96. The third-order valence-electron chi connectivity index (χ3n) is 4.21. The van der Waals surface area contributed by atoms with Crippen LogP contribution >= 0.6 is 35.0 Å². The lowest BCUT2D eigenvalue weighted by Gasteiger charge is -2.07. The van der Waals surface area contributed by atoms with Gasteiger partial charge in [0.15, 0.2) is 10.9 Å². The summed E-state index contributed by atoms with van der Waals surface area (Å²) in [5.41, 5.74) is 1.35. The van der Waals surface area contributed by atoms with Crippen LogP contribution in [0.25, 0.3) is 22.6 Å². The molecule has 1 amide bonds. The van der Waals surface area contributed by atoms with E-state index in [1.807, 2.05) is 34.9 Å². The number of carbonyl (C=O) groups is 1. The Morgan fingerprint density at radius 3 is 2.77 bits per heavy atom. The second kappa shape index (κ2) is 8.95. The van der Waals surface area contributed by atoms with Gasteiger partial charge in [0.1, 0.15) is 5.58 Å². The van der Waals surface area contributed by atoms with Crippen LogP contribution in [0.5, 0.6) is 0 Å². The number of rotatable bonds is 7. The summed E-state index contributed by atoms with van der Waals surface area (Å²) < 4.78 is 7.77. The number of benzene rings is 2. The summed E-state index contributed by atoms with van der Waals surface area (Å²) in [4.78, 5) is 12.3. The van der Waals surface area contributed by atoms with E-state index in [0.717, 1.165) is 11.0 Å². The zero-order chi connectivity index (χ0) is 21.1. The number of para-hydroxylation sites is 1. The third-order valence-corrected chi connectivity index (χ3v) is 5.92. The molecule has 0 bridgehead atoms. The normalized spacial score (nSPS) is 11.0. The van der Waals surface area contributed by atoms with E-state index in [9.17, 15) is 4.79 Å². The highest BCUT2D eigenvalue weighted by Gasteiger charge is 2.18. The molecule has 152 valence electrons. The second-order valence-electron chi connectivity index (χ2n) is 6.32. The zero-order valence-electron chi connectivity index (χ0n) is 15.6. The highest BCUT2D eigenvalue weighted by molar-refractivity contribution is 7.99. The predicted molar refractivity (Wildman–Crippen MR) is 121 cm³/mol. The molecule has 0 spiro atoms. The van der Waals surface area contributed by atoms with Crippen LogP contribution < -0.4 is 5.32 Å². The van der Waals surface area contributed by atoms with E-state index in [-0.39, 0.29) is 11.7 Å². The molecule has 4 rings (SSSR count). The first-order chi connectivity index (χ1) is 14.5. The van der Waals surface area contributed by atoms with Gasteiger partial charge in [-0.2, -0.15) is 0 Å². The summed E-state index contributed by atoms with van der Waals surface area (Å²) in [6.45, 7) is 4.28. The summed E-state index contributed by atoms with van der Waals surface area (Å²) in [6, 6.07) is 14.6. The Kier molecular flexibility index (Phi) is 6.13. The van der Waals surface area contributed by atoms with Crippen molar-refractivity contribution in [1.82, 2.24) is 14.8 Å². The molecule has 0 saturated carbocycles. The lowest BCUT2D eigenvalue weighted by atomic mass is 10.2. The maximum atomic E-state index is 12.3. The number of allylic oxidation sites excluding steroid dienone is 1. The van der Waals surface area contributed by atoms with Gasteiger partial charge in [-0.05, 0) is 30.3 Å². The molecule has 0 saturated heterocycles. The van der Waals surface area contributed by atoms with E-state index < -0.39 is 0 Å². The average molecular weight is 459 g/mol. The van der Waals surface area contributed by atoms with Crippen LogP contribution in [0.2, 0.25) is 10.0 Å². The standard InChI is InChI=1S/C21H16Cl2N4O2S/c1-2-9-27-20(18-10-13-5-3-4-6-17(13)29-18)25-26-21(27)30-12-19(28)24-14-7-8-15(22)16(23)11-14/h2-8,10-11H,1,9,12H2,(H,24,28). The molecule has 4 aromatic rings. The first kappa shape index (κ1) is 20.5. The largest absolute Gasteiger partial charge is 0.453 e. The van der Waals surface area contributed by atoms with Gasteiger partial charge in [-0.15, -0.1) is 16.8 Å². The molecule has 2 aromatic heterocycles. The summed E-state index contributed by atoms with van der Waals surface area (Å²) in [5, 5.41) is 13.7. The van der Waals surface area contributed by atoms with Crippen molar-refractivity contribution in [2.24, 2.45) is 0 Å². The minimum absolute atomic E-state index is 0.148. The third kappa shape index (κ3) is 4.38. The molecular weight excluding hydrogens is 443 g/mol. The maximum Gasteiger partial charge on any atom is 0.234 e. The van der Waals surface area contributed by atoms with Gasteiger partial charge in [0.05, 0.1) is 15.8 Å². The SMILES string of the molecule is C=CCn1c(SCC(=O)Nc2ccc(Cl)c(Cl)c2)nnc1-c1cc2ccccc2o1. The highest BCUT2D eigenvalue weighted by Crippen LogP contribution is 2.29. The maximum absolute atomic E-state index is 12.3. The number of thioether (sulfide) groups is 1. The first-order valence-corrected chi connectivity index (χ1v) is 10.7. The van der Waals surface area contributed by atoms with Crippen molar-refractivity contribution < 1.29 is 9.21 Å². The molecule has 0 aliphatic carbocycles. The van der Waals surface area contributed by atoms with Crippen LogP contribution in [0.3, 0.4) is 0 Å². The van der Waals surface area contributed by atoms with Crippen molar-refractivity contribution in [2.75, 3.05) is 11.1 Å². The van der Waals surface area contributed by atoms with Crippen molar-refractivity contribution in [3.05, 3.63) is 71.2 Å². The van der Waals surface area contributed by atoms with Crippen LogP contribution in [-0.4, -0.2) is 26.4 Å². The Bertz CT molecular complexity index is 1200. The van der Waals surface area contributed by atoms with Crippen LogP contribution in [0.15, 0.2) is 70.8 Å². The van der Waals surface area contributed by atoms with E-state index in [0.29, 0.717) is 39.0 Å². The Hall–Kier alpha value is -2.74. The number of furan rings is 1. The monoisotopic (exact) mass is 458 g/mol. The van der Waals surface area contributed by atoms with Crippen LogP contribution in [0.4, 0.5) is 5.69 Å². The van der Waals surface area contributed by atoms with E-state index in [4.69, 9.17) is 27.6 Å². The lowest BCUT2D eigenvalue weighted by Crippen LogP contribution is -2.14. The topological polar surface area (TPSA) is 73.0 Å². The molecule has 9 heteroatoms. The highest BCUT2D eigenvalue weighted by atomic mass is 35.5. The van der Waals surface area contributed by atoms with Crippen LogP contribution in [0.1, 0.15) is 0 Å². The fourth-order valence-electron chi connectivity index (χ4n) is 2.86. The molecule has 0 radical (unpaired) electrons. The van der Waals surface area contributed by atoms with Crippen LogP contribution in [-0.2, 0) is 11.3 Å². The Morgan fingerprint density at radius 1 is 1.17 bits per heavy atom. The molecule has 6 nitrogen and oxygen atoms in total. The summed E-state index contributed by atoms with van der Waals surface area (Å²) in [7, 11) is 0. The number of amides is 1. The lowest BCUT2D eigenvalue weighted by molar-refractivity contribution is -0.113. The van der Waals surface area contributed by atoms with Gasteiger partial charge in [-0.1, -0.05) is 59.2 Å². The number of fused-ring (bicyclic) bond motifs is 1. The van der Waals surface area contributed by atoms with Crippen LogP contribution in [0, 0.1) is 0 Å². The van der Waals surface area contributed by atoms with Crippen molar-refractivity contribution >= 4 is 57.5 Å². The number of nitrogens with zero attached hydrogens (tertiary/aromatic N) is 3. The van der Waals surface area contributed by atoms with Crippen molar-refractivity contribution in [1.29, 1.82) is 0 Å². The number of hydrogen-bond acceptors (Lipinski definition) is 5. The number of anilines is 1. The average Bonchev–Trinajstić information content (AvgIpc) is 3.33. The number of aromatic nitrogens is 3. The Labute approximate surface area is 186 Å². The Balaban J connectivity index is 1.50. The van der Waals surface area contributed by atoms with Crippen molar-refractivity contribution in [3.63, 3.8) is 0 Å². The number of carbonyl (C=O) groups excluding carboxylic acids is 1. The van der Waals surface area contributed by atoms with E-state index in [1.54, 1.807) is 24.3 Å². The van der Waals surface area contributed by atoms with Crippen molar-refractivity contribution in [3.8, 4) is 11.6 Å². The zero-order valence-corrected chi connectivity index (χ0v) is 18.0. The van der Waals surface area contributed by atoms with Gasteiger partial charge in [-0.25, -0.2) is 0 Å². The fraction of sp³-hybridized carbons (Fsp3) is 0.0952. The molecule has 0 aliphatic heterocycles. The molecule has 0 aliphatic rings. The number of hydrogen-bond donors (Lipinski definition) is 1. The molecular formula is C21H16Cl2N4O2S. The molecule has 1 N–H and O–H groups in total. The van der Waals surface area contributed by atoms with Gasteiger partial charge in [-0.3, -0.25) is 9.36 Å². The van der Waals surface area contributed by atoms with Gasteiger partial charge < -0.3 is 9.73 Å². The van der Waals surface area contributed by atoms with E-state index in [2.05, 4.69) is 22.1 Å². The summed E-state index contributed by atoms with van der Waals surface area (Å²) in [6.07, 6.45) is 1.75. The summed E-state index contributed by atoms with van der Waals surface area (Å²) in [5.74, 6) is 1.14. The molecule has 30 heavy (non-hydrogen) atoms. The summed E-state index contributed by atoms with van der Waals surface area (Å²) >= 11 is 13.2. The van der Waals surface area contributed by atoms with Crippen molar-refractivity contribution in [2.45, 2.75) is 11.7 Å². The quantitative estimate of drug-likeness (QED) is 0.275. The molecule has 0 unspecified atom stereocenters. The minimum Gasteiger partial charge on any atom is -0.453 e. The fourth-order valence-corrected chi connectivity index (χ4v) is 3.91. The molecule has 0 fully saturated rings. The minimum atomic E-state index is -0.197. The molecule has 2 heterocycles. The van der Waals surface area contributed by atoms with Gasteiger partial charge in [0, 0.05) is 17.6 Å². The smallest absolute Gasteiger partial charge is 0.234 e. The number of halogens is 2. The Morgan fingerprint density at radius 2 is 2.00 bits per heavy atom. The number of nitrogens with one attached hydrogen (secondary N) is 1.